The van der Waals surface area contributed by atoms with Crippen molar-refractivity contribution in [2.75, 3.05) is 19.8 Å². The third-order valence-corrected chi connectivity index (χ3v) is 8.80. The van der Waals surface area contributed by atoms with Gasteiger partial charge in [-0.25, -0.2) is 19.1 Å². The molecule has 0 bridgehead atoms. The maximum Gasteiger partial charge on any atom is 0.393 e. The Morgan fingerprint density at radius 3 is 2.65 bits per heavy atom. The molecule has 0 spiro atoms. The normalized spacial score (nSPS) is 25.7. The smallest absolute Gasteiger partial charge is 0.381 e. The number of carbonyl (C=O) groups is 2. The lowest BCUT2D eigenvalue weighted by molar-refractivity contribution is -0.183. The second kappa shape index (κ2) is 11.8. The molecule has 1 saturated carbocycles. The van der Waals surface area contributed by atoms with Crippen LogP contribution in [0.25, 0.3) is 5.78 Å². The highest BCUT2D eigenvalue weighted by Gasteiger charge is 2.45. The van der Waals surface area contributed by atoms with Crippen LogP contribution in [0, 0.1) is 17.8 Å². The molecule has 3 aromatic rings. The third kappa shape index (κ3) is 6.07. The Kier molecular flexibility index (Phi) is 8.06. The highest BCUT2D eigenvalue weighted by atomic mass is 19.4. The molecular formula is C27H34F3N9O4. The van der Waals surface area contributed by atoms with E-state index in [0.717, 1.165) is 0 Å². The number of hydrogen-bond acceptors (Lipinski definition) is 10. The van der Waals surface area contributed by atoms with Gasteiger partial charge in [0.15, 0.2) is 5.69 Å². The van der Waals surface area contributed by atoms with Crippen molar-refractivity contribution < 1.29 is 32.1 Å². The molecule has 1 aliphatic carbocycles. The quantitative estimate of drug-likeness (QED) is 0.345. The predicted octanol–water partition coefficient (Wildman–Crippen LogP) is 2.03. The van der Waals surface area contributed by atoms with E-state index in [1.807, 2.05) is 6.92 Å². The van der Waals surface area contributed by atoms with E-state index in [1.54, 1.807) is 6.20 Å². The molecule has 3 aromatic heterocycles. The first-order valence-electron chi connectivity index (χ1n) is 14.7. The molecule has 43 heavy (non-hydrogen) atoms. The molecule has 3 aliphatic rings. The van der Waals surface area contributed by atoms with Gasteiger partial charge in [0.05, 0.1) is 35.2 Å². The first-order valence-corrected chi connectivity index (χ1v) is 14.7. The van der Waals surface area contributed by atoms with E-state index >= 15 is 0 Å². The van der Waals surface area contributed by atoms with Gasteiger partial charge >= 0.3 is 6.18 Å². The van der Waals surface area contributed by atoms with Crippen LogP contribution in [0.4, 0.5) is 13.2 Å². The number of alkyl halides is 3. The maximum absolute atomic E-state index is 13.5. The Labute approximate surface area is 244 Å². The van der Waals surface area contributed by atoms with E-state index in [2.05, 4.69) is 20.9 Å². The number of aryl methyl sites for hydroxylation is 1. The lowest BCUT2D eigenvalue weighted by Gasteiger charge is -2.37. The first-order chi connectivity index (χ1) is 20.6. The van der Waals surface area contributed by atoms with Crippen LogP contribution in [-0.4, -0.2) is 73.7 Å². The first kappa shape index (κ1) is 29.4. The Bertz CT molecular complexity index is 1480. The Balaban J connectivity index is 1.34. The zero-order valence-corrected chi connectivity index (χ0v) is 23.6. The fourth-order valence-electron chi connectivity index (χ4n) is 6.27. The number of ether oxygens (including phenoxy) is 1. The van der Waals surface area contributed by atoms with E-state index in [1.165, 1.54) is 4.52 Å². The van der Waals surface area contributed by atoms with Gasteiger partial charge < -0.3 is 21.1 Å². The number of halogens is 3. The van der Waals surface area contributed by atoms with Gasteiger partial charge in [0.25, 0.3) is 11.7 Å². The summed E-state index contributed by atoms with van der Waals surface area (Å²) in [7, 11) is 0. The zero-order chi connectivity index (χ0) is 30.3. The van der Waals surface area contributed by atoms with Crippen LogP contribution in [-0.2, 0) is 22.4 Å². The summed E-state index contributed by atoms with van der Waals surface area (Å²) in [6, 6.07) is -0.518. The van der Waals surface area contributed by atoms with Gasteiger partial charge in [-0.1, -0.05) is 12.1 Å². The number of imidazole rings is 1. The monoisotopic (exact) mass is 605 g/mol. The fourth-order valence-corrected chi connectivity index (χ4v) is 6.27. The Morgan fingerprint density at radius 1 is 1.19 bits per heavy atom. The Morgan fingerprint density at radius 2 is 1.95 bits per heavy atom. The molecule has 4 N–H and O–H groups in total. The second-order valence-electron chi connectivity index (χ2n) is 11.7. The van der Waals surface area contributed by atoms with Crippen molar-refractivity contribution in [3.8, 4) is 0 Å². The molecule has 0 unspecified atom stereocenters. The lowest BCUT2D eigenvalue weighted by atomic mass is 9.75. The van der Waals surface area contributed by atoms with E-state index in [4.69, 9.17) is 30.2 Å². The molecule has 13 nitrogen and oxygen atoms in total. The van der Waals surface area contributed by atoms with Crippen LogP contribution in [0.1, 0.15) is 84.3 Å². The molecule has 0 aromatic carbocycles. The molecule has 3 fully saturated rings. The van der Waals surface area contributed by atoms with Crippen molar-refractivity contribution in [2.24, 2.45) is 23.5 Å². The van der Waals surface area contributed by atoms with Crippen molar-refractivity contribution in [3.05, 3.63) is 34.7 Å². The average Bonchev–Trinajstić information content (AvgIpc) is 3.62. The minimum Gasteiger partial charge on any atom is -0.381 e. The number of nitrogens with two attached hydrogens (primary N) is 1. The van der Waals surface area contributed by atoms with Gasteiger partial charge in [0.1, 0.15) is 5.69 Å². The van der Waals surface area contributed by atoms with Crippen LogP contribution < -0.4 is 16.4 Å². The molecule has 5 heterocycles. The molecule has 2 amide bonds. The summed E-state index contributed by atoms with van der Waals surface area (Å²) in [5, 5.41) is 17.7. The number of piperidine rings is 1. The van der Waals surface area contributed by atoms with Crippen LogP contribution in [0.3, 0.4) is 0 Å². The molecule has 2 saturated heterocycles. The number of aromatic nitrogens is 6. The topological polar surface area (TPSA) is 175 Å². The number of nitrogens with one attached hydrogen (secondary N) is 2. The van der Waals surface area contributed by atoms with Gasteiger partial charge in [-0.05, 0) is 49.6 Å². The van der Waals surface area contributed by atoms with E-state index in [9.17, 15) is 22.8 Å². The Hall–Kier alpha value is -3.66. The summed E-state index contributed by atoms with van der Waals surface area (Å²) in [4.78, 5) is 35.4. The molecule has 16 heteroatoms. The number of nitrogens with zero attached hydrogens (tertiary/aromatic N) is 6. The van der Waals surface area contributed by atoms with Crippen LogP contribution in [0.5, 0.6) is 0 Å². The van der Waals surface area contributed by atoms with Crippen molar-refractivity contribution in [2.45, 2.75) is 76.0 Å². The number of carbonyl (C=O) groups excluding carboxylic acids is 2. The molecule has 2 aliphatic heterocycles. The van der Waals surface area contributed by atoms with Crippen LogP contribution in [0.2, 0.25) is 0 Å². The van der Waals surface area contributed by atoms with E-state index in [-0.39, 0.29) is 36.4 Å². The minimum atomic E-state index is -4.41. The summed E-state index contributed by atoms with van der Waals surface area (Å²) in [5.74, 6) is -3.14. The standard InChI is InChI=1S/C27H34F3N9O4/c1-2-18-23(38-43-37-18)25(41)34-22(14-8-17(31)9-14)20-12-39-26(33-20)35-21(13-3-5-42-6-4-13)19(36-39)10-15-7-16(27(28,29)30)11-32-24(15)40/h12-17,22H,2-11,31H2,1H3,(H,32,40)(H,34,41)/t14?,15-,16-,17?,22+/m1/s1. The lowest BCUT2D eigenvalue weighted by Crippen LogP contribution is -2.47. The number of amides is 2. The number of rotatable bonds is 8. The predicted molar refractivity (Wildman–Crippen MR) is 143 cm³/mol. The van der Waals surface area contributed by atoms with Gasteiger partial charge in [-0.2, -0.15) is 18.3 Å². The van der Waals surface area contributed by atoms with Gasteiger partial charge in [0.2, 0.25) is 5.91 Å². The summed E-state index contributed by atoms with van der Waals surface area (Å²) in [6.45, 7) is 2.45. The minimum absolute atomic E-state index is 0.00601. The molecule has 232 valence electrons. The van der Waals surface area contributed by atoms with Gasteiger partial charge in [-0.15, -0.1) is 0 Å². The van der Waals surface area contributed by atoms with Crippen molar-refractivity contribution in [1.29, 1.82) is 0 Å². The fraction of sp³-hybridized carbons (Fsp3) is 0.667. The van der Waals surface area contributed by atoms with Crippen LogP contribution >= 0.6 is 0 Å². The summed E-state index contributed by atoms with van der Waals surface area (Å²) in [6.07, 6.45) is 0.0923. The summed E-state index contributed by atoms with van der Waals surface area (Å²) in [5.41, 5.74) is 8.20. The molecule has 6 rings (SSSR count). The third-order valence-electron chi connectivity index (χ3n) is 8.80. The van der Waals surface area contributed by atoms with E-state index in [0.29, 0.717) is 73.9 Å². The highest BCUT2D eigenvalue weighted by molar-refractivity contribution is 5.93. The zero-order valence-electron chi connectivity index (χ0n) is 23.6. The van der Waals surface area contributed by atoms with Crippen molar-refractivity contribution >= 4 is 17.6 Å². The van der Waals surface area contributed by atoms with Crippen molar-refractivity contribution in [1.82, 2.24) is 40.5 Å². The van der Waals surface area contributed by atoms with Gasteiger partial charge in [0, 0.05) is 44.1 Å². The summed E-state index contributed by atoms with van der Waals surface area (Å²) >= 11 is 0. The maximum atomic E-state index is 13.5. The number of fused-ring (bicyclic) bond motifs is 1. The molecule has 3 atom stereocenters. The highest BCUT2D eigenvalue weighted by Crippen LogP contribution is 2.38. The van der Waals surface area contributed by atoms with Crippen molar-refractivity contribution in [3.63, 3.8) is 0 Å². The molecule has 0 radical (unpaired) electrons. The largest absolute Gasteiger partial charge is 0.393 e. The second-order valence-corrected chi connectivity index (χ2v) is 11.7. The van der Waals surface area contributed by atoms with E-state index < -0.39 is 42.4 Å². The van der Waals surface area contributed by atoms with Crippen LogP contribution in [0.15, 0.2) is 10.8 Å². The summed E-state index contributed by atoms with van der Waals surface area (Å²) < 4.78 is 52.3. The SMILES string of the molecule is CCc1nonc1C(=O)N[C@H](c1cn2nc(C[C@H]3C[C@@H](C(F)(F)F)CNC3=O)c(C3CCOCC3)nc2n1)C1CC(N)C1. The number of hydrogen-bond donors (Lipinski definition) is 3. The molecular weight excluding hydrogens is 571 g/mol. The average molecular weight is 606 g/mol. The van der Waals surface area contributed by atoms with Gasteiger partial charge in [-0.3, -0.25) is 9.59 Å².